The molecular formula is C12H13ClN2O2. The normalized spacial score (nSPS) is 11.1. The minimum atomic E-state index is -0.647. The summed E-state index contributed by atoms with van der Waals surface area (Å²) in [5, 5.41) is 8.85. The number of rotatable bonds is 3. The van der Waals surface area contributed by atoms with Gasteiger partial charge < -0.3 is 9.72 Å². The van der Waals surface area contributed by atoms with Crippen LogP contribution in [0.15, 0.2) is 5.57 Å². The molecule has 0 aliphatic heterocycles. The van der Waals surface area contributed by atoms with Crippen LogP contribution in [-0.4, -0.2) is 18.1 Å². The Morgan fingerprint density at radius 3 is 2.59 bits per heavy atom. The molecule has 4 nitrogen and oxygen atoms in total. The standard InChI is InChI=1S/C12H13ClN2O2/c1-7-8(2)11(5-13)15-10(7)4-9(6-14)12(16)17-3/h4,15H,5H2,1-3H3/b9-4+. The largest absolute Gasteiger partial charge is 0.465 e. The number of H-pyrrole nitrogens is 1. The van der Waals surface area contributed by atoms with Gasteiger partial charge in [0.2, 0.25) is 0 Å². The van der Waals surface area contributed by atoms with Crippen molar-refractivity contribution in [3.05, 3.63) is 28.1 Å². The predicted octanol–water partition coefficient (Wildman–Crippen LogP) is 2.45. The second-order valence-corrected chi connectivity index (χ2v) is 3.83. The molecule has 0 aliphatic rings. The van der Waals surface area contributed by atoms with Crippen molar-refractivity contribution in [1.82, 2.24) is 4.98 Å². The van der Waals surface area contributed by atoms with E-state index < -0.39 is 5.97 Å². The quantitative estimate of drug-likeness (QED) is 0.389. The Morgan fingerprint density at radius 2 is 2.18 bits per heavy atom. The average Bonchev–Trinajstić information content (AvgIpc) is 2.62. The lowest BCUT2D eigenvalue weighted by Crippen LogP contribution is -2.02. The van der Waals surface area contributed by atoms with Gasteiger partial charge in [-0.2, -0.15) is 5.26 Å². The van der Waals surface area contributed by atoms with E-state index in [1.165, 1.54) is 13.2 Å². The highest BCUT2D eigenvalue weighted by Gasteiger charge is 2.13. The number of aromatic amines is 1. The zero-order chi connectivity index (χ0) is 13.0. The summed E-state index contributed by atoms with van der Waals surface area (Å²) in [6.45, 7) is 3.84. The molecule has 0 aliphatic carbocycles. The molecule has 1 aromatic heterocycles. The predicted molar refractivity (Wildman–Crippen MR) is 65.4 cm³/mol. The topological polar surface area (TPSA) is 65.9 Å². The van der Waals surface area contributed by atoms with Gasteiger partial charge in [0.25, 0.3) is 0 Å². The van der Waals surface area contributed by atoms with Gasteiger partial charge in [0.1, 0.15) is 11.6 Å². The minimum absolute atomic E-state index is 0.0435. The molecule has 1 aromatic rings. The number of nitriles is 1. The summed E-state index contributed by atoms with van der Waals surface area (Å²) < 4.78 is 4.51. The Hall–Kier alpha value is -1.73. The maximum atomic E-state index is 11.3. The van der Waals surface area contributed by atoms with Crippen LogP contribution in [0.1, 0.15) is 22.5 Å². The number of hydrogen-bond donors (Lipinski definition) is 1. The van der Waals surface area contributed by atoms with Crippen molar-refractivity contribution in [3.63, 3.8) is 0 Å². The third-order valence-electron chi connectivity index (χ3n) is 2.65. The van der Waals surface area contributed by atoms with Crippen molar-refractivity contribution in [2.45, 2.75) is 19.7 Å². The Labute approximate surface area is 105 Å². The molecule has 0 saturated carbocycles. The number of alkyl halides is 1. The number of hydrogen-bond acceptors (Lipinski definition) is 3. The molecule has 1 rings (SSSR count). The second-order valence-electron chi connectivity index (χ2n) is 3.56. The molecule has 0 atom stereocenters. The number of ether oxygens (including phenoxy) is 1. The number of carbonyl (C=O) groups excluding carboxylic acids is 1. The van der Waals surface area contributed by atoms with Crippen molar-refractivity contribution in [2.75, 3.05) is 7.11 Å². The van der Waals surface area contributed by atoms with Crippen molar-refractivity contribution < 1.29 is 9.53 Å². The summed E-state index contributed by atoms with van der Waals surface area (Å²) in [6, 6.07) is 1.81. The van der Waals surface area contributed by atoms with Gasteiger partial charge in [0.05, 0.1) is 13.0 Å². The SMILES string of the molecule is COC(=O)/C(C#N)=C/c1[nH]c(CCl)c(C)c1C. The molecule has 1 heterocycles. The van der Waals surface area contributed by atoms with Crippen LogP contribution in [0.4, 0.5) is 0 Å². The first-order chi connectivity index (χ1) is 8.04. The lowest BCUT2D eigenvalue weighted by Gasteiger charge is -1.96. The summed E-state index contributed by atoms with van der Waals surface area (Å²) in [5.74, 6) is -0.285. The fourth-order valence-corrected chi connectivity index (χ4v) is 1.71. The van der Waals surface area contributed by atoms with E-state index >= 15 is 0 Å². The lowest BCUT2D eigenvalue weighted by molar-refractivity contribution is -0.135. The van der Waals surface area contributed by atoms with Gasteiger partial charge in [-0.15, -0.1) is 11.6 Å². The Morgan fingerprint density at radius 1 is 1.53 bits per heavy atom. The first-order valence-corrected chi connectivity index (χ1v) is 5.52. The summed E-state index contributed by atoms with van der Waals surface area (Å²) in [6.07, 6.45) is 1.48. The molecule has 90 valence electrons. The number of halogens is 1. The number of aromatic nitrogens is 1. The van der Waals surface area contributed by atoms with Crippen LogP contribution in [0.5, 0.6) is 0 Å². The van der Waals surface area contributed by atoms with Crippen LogP contribution in [0, 0.1) is 25.2 Å². The van der Waals surface area contributed by atoms with E-state index in [0.29, 0.717) is 11.6 Å². The van der Waals surface area contributed by atoms with Gasteiger partial charge >= 0.3 is 5.97 Å². The van der Waals surface area contributed by atoms with Crippen LogP contribution >= 0.6 is 11.6 Å². The zero-order valence-electron chi connectivity index (χ0n) is 9.93. The highest BCUT2D eigenvalue weighted by molar-refractivity contribution is 6.17. The van der Waals surface area contributed by atoms with E-state index in [4.69, 9.17) is 16.9 Å². The molecule has 0 fully saturated rings. The molecule has 17 heavy (non-hydrogen) atoms. The van der Waals surface area contributed by atoms with Gasteiger partial charge in [-0.1, -0.05) is 0 Å². The highest BCUT2D eigenvalue weighted by atomic mass is 35.5. The zero-order valence-corrected chi connectivity index (χ0v) is 10.7. The smallest absolute Gasteiger partial charge is 0.348 e. The molecular weight excluding hydrogens is 240 g/mol. The highest BCUT2D eigenvalue weighted by Crippen LogP contribution is 2.21. The summed E-state index contributed by atoms with van der Waals surface area (Å²) in [7, 11) is 1.24. The van der Waals surface area contributed by atoms with E-state index in [1.54, 1.807) is 0 Å². The number of methoxy groups -OCH3 is 1. The molecule has 0 amide bonds. The first kappa shape index (κ1) is 13.3. The molecule has 0 spiro atoms. The van der Waals surface area contributed by atoms with Gasteiger partial charge in [-0.3, -0.25) is 0 Å². The van der Waals surface area contributed by atoms with Gasteiger partial charge in [0, 0.05) is 11.4 Å². The summed E-state index contributed by atoms with van der Waals surface area (Å²) >= 11 is 5.77. The number of carbonyl (C=O) groups is 1. The van der Waals surface area contributed by atoms with Gasteiger partial charge in [-0.05, 0) is 31.1 Å². The van der Waals surface area contributed by atoms with Gasteiger partial charge in [-0.25, -0.2) is 4.79 Å². The van der Waals surface area contributed by atoms with Crippen molar-refractivity contribution >= 4 is 23.6 Å². The maximum absolute atomic E-state index is 11.3. The maximum Gasteiger partial charge on any atom is 0.348 e. The third-order valence-corrected chi connectivity index (χ3v) is 2.92. The third kappa shape index (κ3) is 2.69. The second kappa shape index (κ2) is 5.55. The Kier molecular flexibility index (Phi) is 4.36. The van der Waals surface area contributed by atoms with Crippen molar-refractivity contribution in [1.29, 1.82) is 5.26 Å². The number of esters is 1. The monoisotopic (exact) mass is 252 g/mol. The minimum Gasteiger partial charge on any atom is -0.465 e. The Bertz CT molecular complexity index is 509. The fraction of sp³-hybridized carbons (Fsp3) is 0.333. The lowest BCUT2D eigenvalue weighted by atomic mass is 10.1. The molecule has 0 saturated heterocycles. The van der Waals surface area contributed by atoms with Crippen LogP contribution in [0.25, 0.3) is 6.08 Å². The van der Waals surface area contributed by atoms with Crippen molar-refractivity contribution in [2.24, 2.45) is 0 Å². The molecule has 5 heteroatoms. The molecule has 0 radical (unpaired) electrons. The average molecular weight is 253 g/mol. The number of nitrogens with zero attached hydrogens (tertiary/aromatic N) is 1. The van der Waals surface area contributed by atoms with E-state index in [1.807, 2.05) is 19.9 Å². The van der Waals surface area contributed by atoms with E-state index in [9.17, 15) is 4.79 Å². The van der Waals surface area contributed by atoms with E-state index in [-0.39, 0.29) is 5.57 Å². The summed E-state index contributed by atoms with van der Waals surface area (Å²) in [5.41, 5.74) is 3.56. The van der Waals surface area contributed by atoms with Gasteiger partial charge in [0.15, 0.2) is 0 Å². The van der Waals surface area contributed by atoms with E-state index in [2.05, 4.69) is 9.72 Å². The molecule has 0 bridgehead atoms. The first-order valence-electron chi connectivity index (χ1n) is 4.99. The van der Waals surface area contributed by atoms with Crippen LogP contribution in [0.2, 0.25) is 0 Å². The van der Waals surface area contributed by atoms with Crippen LogP contribution in [-0.2, 0) is 15.4 Å². The summed E-state index contributed by atoms with van der Waals surface area (Å²) in [4.78, 5) is 14.3. The van der Waals surface area contributed by atoms with E-state index in [0.717, 1.165) is 16.8 Å². The van der Waals surface area contributed by atoms with Crippen LogP contribution in [0.3, 0.4) is 0 Å². The van der Waals surface area contributed by atoms with Crippen molar-refractivity contribution in [3.8, 4) is 6.07 Å². The van der Waals surface area contributed by atoms with Crippen LogP contribution < -0.4 is 0 Å². The molecule has 1 N–H and O–H groups in total. The molecule has 0 aromatic carbocycles. The Balaban J connectivity index is 3.22. The fourth-order valence-electron chi connectivity index (χ4n) is 1.45. The molecule has 0 unspecified atom stereocenters. The number of nitrogens with one attached hydrogen (secondary N) is 1.